The highest BCUT2D eigenvalue weighted by atomic mass is 32.2. The number of benzene rings is 1. The van der Waals surface area contributed by atoms with E-state index in [0.29, 0.717) is 21.4 Å². The lowest BCUT2D eigenvalue weighted by atomic mass is 10.2. The minimum Gasteiger partial charge on any atom is -0.465 e. The minimum absolute atomic E-state index is 0.0221. The van der Waals surface area contributed by atoms with Gasteiger partial charge in [0.2, 0.25) is 11.9 Å². The van der Waals surface area contributed by atoms with Crippen molar-refractivity contribution in [3.8, 4) is 0 Å². The number of amides is 1. The molecule has 0 spiro atoms. The van der Waals surface area contributed by atoms with Gasteiger partial charge in [-0.15, -0.1) is 10.2 Å². The minimum atomic E-state index is -0.432. The highest BCUT2D eigenvalue weighted by Crippen LogP contribution is 2.27. The summed E-state index contributed by atoms with van der Waals surface area (Å²) in [5.41, 5.74) is 6.76. The van der Waals surface area contributed by atoms with Crippen LogP contribution in [0.3, 0.4) is 0 Å². The number of carbonyl (C=O) groups excluding carboxylic acids is 3. The molecule has 0 saturated carbocycles. The smallest absolute Gasteiger partial charge is 0.338 e. The van der Waals surface area contributed by atoms with Crippen LogP contribution in [-0.2, 0) is 25.6 Å². The van der Waals surface area contributed by atoms with Crippen LogP contribution in [0.15, 0.2) is 23.4 Å². The molecule has 2 aromatic heterocycles. The van der Waals surface area contributed by atoms with E-state index in [1.807, 2.05) is 0 Å². The van der Waals surface area contributed by atoms with Gasteiger partial charge in [0.05, 0.1) is 34.7 Å². The summed E-state index contributed by atoms with van der Waals surface area (Å²) in [5, 5.41) is 11.0. The van der Waals surface area contributed by atoms with E-state index in [0.717, 1.165) is 16.5 Å². The number of nitrogens with two attached hydrogens (primary N) is 1. The topological polar surface area (TPSA) is 151 Å². The predicted molar refractivity (Wildman–Crippen MR) is 116 cm³/mol. The molecule has 0 fully saturated rings. The van der Waals surface area contributed by atoms with Crippen molar-refractivity contribution >= 4 is 62.2 Å². The molecule has 0 unspecified atom stereocenters. The maximum absolute atomic E-state index is 12.5. The molecule has 0 aliphatic carbocycles. The van der Waals surface area contributed by atoms with Crippen LogP contribution in [0.5, 0.6) is 0 Å². The van der Waals surface area contributed by atoms with Crippen LogP contribution in [0.1, 0.15) is 24.2 Å². The molecule has 0 bridgehead atoms. The average molecular weight is 465 g/mol. The highest BCUT2D eigenvalue weighted by Gasteiger charge is 2.17. The number of thiazole rings is 1. The Hall–Kier alpha value is -3.19. The summed E-state index contributed by atoms with van der Waals surface area (Å²) in [5.74, 6) is -1.16. The number of nitrogens with zero attached hydrogens (tertiary/aromatic N) is 4. The number of ether oxygens (including phenoxy) is 2. The predicted octanol–water partition coefficient (Wildman–Crippen LogP) is 1.94. The lowest BCUT2D eigenvalue weighted by Crippen LogP contribution is -2.20. The Labute approximate surface area is 185 Å². The number of esters is 2. The first-order valence-electron chi connectivity index (χ1n) is 9.25. The zero-order chi connectivity index (χ0) is 22.4. The average Bonchev–Trinajstić information content (AvgIpc) is 3.29. The van der Waals surface area contributed by atoms with Gasteiger partial charge in [0.25, 0.3) is 0 Å². The van der Waals surface area contributed by atoms with Crippen molar-refractivity contribution in [3.05, 3.63) is 23.8 Å². The Bertz CT molecular complexity index is 1110. The first-order chi connectivity index (χ1) is 14.9. The van der Waals surface area contributed by atoms with Gasteiger partial charge in [0.15, 0.2) is 10.3 Å². The Morgan fingerprint density at radius 2 is 1.97 bits per heavy atom. The summed E-state index contributed by atoms with van der Waals surface area (Å²) < 4.78 is 12.1. The molecule has 11 nitrogen and oxygen atoms in total. The van der Waals surface area contributed by atoms with Gasteiger partial charge in [-0.25, -0.2) is 9.78 Å². The first kappa shape index (κ1) is 22.5. The summed E-state index contributed by atoms with van der Waals surface area (Å²) >= 11 is 2.34. The third-order valence-corrected chi connectivity index (χ3v) is 5.71. The molecule has 1 aromatic carbocycles. The zero-order valence-electron chi connectivity index (χ0n) is 16.8. The normalized spacial score (nSPS) is 10.8. The van der Waals surface area contributed by atoms with E-state index in [1.165, 1.54) is 15.9 Å². The Kier molecular flexibility index (Phi) is 7.41. The number of rotatable bonds is 9. The zero-order valence-corrected chi connectivity index (χ0v) is 18.4. The van der Waals surface area contributed by atoms with E-state index in [9.17, 15) is 14.4 Å². The molecular formula is C18H20N6O5S2. The van der Waals surface area contributed by atoms with Crippen LogP contribution in [0.2, 0.25) is 0 Å². The van der Waals surface area contributed by atoms with Gasteiger partial charge < -0.3 is 20.5 Å². The van der Waals surface area contributed by atoms with Gasteiger partial charge in [-0.2, -0.15) is 0 Å². The third kappa shape index (κ3) is 5.70. The van der Waals surface area contributed by atoms with Crippen LogP contribution in [0.4, 0.5) is 11.1 Å². The molecule has 3 aromatic rings. The van der Waals surface area contributed by atoms with Crippen LogP contribution in [0.25, 0.3) is 10.2 Å². The number of thioether (sulfide) groups is 1. The third-order valence-electron chi connectivity index (χ3n) is 3.82. The fraction of sp³-hybridized carbons (Fsp3) is 0.333. The van der Waals surface area contributed by atoms with Crippen molar-refractivity contribution in [2.45, 2.75) is 25.5 Å². The van der Waals surface area contributed by atoms with Crippen LogP contribution < -0.4 is 11.1 Å². The number of hydrogen-bond acceptors (Lipinski definition) is 11. The van der Waals surface area contributed by atoms with E-state index in [-0.39, 0.29) is 31.5 Å². The second kappa shape index (κ2) is 10.2. The molecule has 0 aliphatic heterocycles. The fourth-order valence-corrected chi connectivity index (χ4v) is 4.11. The lowest BCUT2D eigenvalue weighted by Gasteiger charge is -2.07. The van der Waals surface area contributed by atoms with Gasteiger partial charge in [-0.1, -0.05) is 23.1 Å². The lowest BCUT2D eigenvalue weighted by molar-refractivity contribution is -0.139. The maximum Gasteiger partial charge on any atom is 0.338 e. The molecule has 0 aliphatic rings. The van der Waals surface area contributed by atoms with E-state index in [2.05, 4.69) is 20.5 Å². The molecule has 2 heterocycles. The molecular weight excluding hydrogens is 444 g/mol. The number of aromatic nitrogens is 4. The molecule has 164 valence electrons. The largest absolute Gasteiger partial charge is 0.465 e. The first-order valence-corrected chi connectivity index (χ1v) is 11.1. The van der Waals surface area contributed by atoms with Crippen molar-refractivity contribution in [2.24, 2.45) is 0 Å². The van der Waals surface area contributed by atoms with Crippen molar-refractivity contribution in [3.63, 3.8) is 0 Å². The number of hydrogen-bond donors (Lipinski definition) is 2. The molecule has 31 heavy (non-hydrogen) atoms. The van der Waals surface area contributed by atoms with Gasteiger partial charge in [0, 0.05) is 0 Å². The summed E-state index contributed by atoms with van der Waals surface area (Å²) in [6.45, 7) is 3.85. The van der Waals surface area contributed by atoms with Crippen molar-refractivity contribution < 1.29 is 23.9 Å². The summed E-state index contributed by atoms with van der Waals surface area (Å²) in [6, 6.07) is 5.01. The molecule has 13 heteroatoms. The maximum atomic E-state index is 12.5. The van der Waals surface area contributed by atoms with Crippen LogP contribution in [-0.4, -0.2) is 56.6 Å². The molecule has 1 amide bonds. The number of carbonyl (C=O) groups is 3. The van der Waals surface area contributed by atoms with Crippen molar-refractivity contribution in [1.29, 1.82) is 0 Å². The summed E-state index contributed by atoms with van der Waals surface area (Å²) in [7, 11) is 0. The number of fused-ring (bicyclic) bond motifs is 1. The van der Waals surface area contributed by atoms with E-state index in [4.69, 9.17) is 15.2 Å². The van der Waals surface area contributed by atoms with Crippen LogP contribution in [0, 0.1) is 0 Å². The van der Waals surface area contributed by atoms with E-state index >= 15 is 0 Å². The SMILES string of the molecule is CCOC(=O)CSc1nnc(N)n1CC(=O)Nc1nc2cc(C(=O)OCC)ccc2s1. The number of nitrogen functional groups attached to an aromatic ring is 1. The molecule has 0 radical (unpaired) electrons. The monoisotopic (exact) mass is 464 g/mol. The fourth-order valence-electron chi connectivity index (χ4n) is 2.51. The summed E-state index contributed by atoms with van der Waals surface area (Å²) in [6.07, 6.45) is 0. The second-order valence-electron chi connectivity index (χ2n) is 5.99. The van der Waals surface area contributed by atoms with Crippen molar-refractivity contribution in [1.82, 2.24) is 19.7 Å². The second-order valence-corrected chi connectivity index (χ2v) is 7.96. The molecule has 0 atom stereocenters. The Morgan fingerprint density at radius 3 is 2.71 bits per heavy atom. The van der Waals surface area contributed by atoms with E-state index in [1.54, 1.807) is 32.0 Å². The standard InChI is InChI=1S/C18H20N6O5S2/c1-3-28-14(26)9-30-18-23-22-16(19)24(18)8-13(25)21-17-20-11-7-10(15(27)29-4-2)5-6-12(11)31-17/h5-7H,3-4,8-9H2,1-2H3,(H2,19,22)(H,20,21,25). The molecule has 0 saturated heterocycles. The van der Waals surface area contributed by atoms with Crippen LogP contribution >= 0.6 is 23.1 Å². The molecule has 3 rings (SSSR count). The van der Waals surface area contributed by atoms with Crippen molar-refractivity contribution in [2.75, 3.05) is 30.0 Å². The Balaban J connectivity index is 1.67. The van der Waals surface area contributed by atoms with Gasteiger partial charge in [0.1, 0.15) is 6.54 Å². The summed E-state index contributed by atoms with van der Waals surface area (Å²) in [4.78, 5) is 40.3. The number of anilines is 2. The highest BCUT2D eigenvalue weighted by molar-refractivity contribution is 7.99. The quantitative estimate of drug-likeness (QED) is 0.355. The van der Waals surface area contributed by atoms with Gasteiger partial charge >= 0.3 is 11.9 Å². The number of nitrogens with one attached hydrogen (secondary N) is 1. The van der Waals surface area contributed by atoms with Gasteiger partial charge in [-0.05, 0) is 32.0 Å². The Morgan fingerprint density at radius 1 is 1.19 bits per heavy atom. The molecule has 3 N–H and O–H groups in total. The van der Waals surface area contributed by atoms with E-state index < -0.39 is 17.8 Å². The van der Waals surface area contributed by atoms with Gasteiger partial charge in [-0.3, -0.25) is 14.2 Å².